The van der Waals surface area contributed by atoms with Gasteiger partial charge in [-0.15, -0.1) is 0 Å². The van der Waals surface area contributed by atoms with Gasteiger partial charge in [0.25, 0.3) is 0 Å². The molecule has 0 unspecified atom stereocenters. The lowest BCUT2D eigenvalue weighted by Crippen LogP contribution is -1.98. The SMILES string of the molecule is C(=C\[C@@H](CCc1ccccc1)c1ccccc1)/c1ccccc1. The van der Waals surface area contributed by atoms with Gasteiger partial charge in [0.05, 0.1) is 0 Å². The summed E-state index contributed by atoms with van der Waals surface area (Å²) in [6, 6.07) is 32.0. The molecule has 114 valence electrons. The Kier molecular flexibility index (Phi) is 5.42. The van der Waals surface area contributed by atoms with Gasteiger partial charge in [0.15, 0.2) is 0 Å². The van der Waals surface area contributed by atoms with Gasteiger partial charge in [0.2, 0.25) is 0 Å². The first kappa shape index (κ1) is 15.3. The topological polar surface area (TPSA) is 0 Å². The predicted octanol–water partition coefficient (Wildman–Crippen LogP) is 6.12. The van der Waals surface area contributed by atoms with E-state index in [0.717, 1.165) is 12.8 Å². The Morgan fingerprint density at radius 2 is 1.22 bits per heavy atom. The number of rotatable bonds is 6. The van der Waals surface area contributed by atoms with E-state index in [1.807, 2.05) is 0 Å². The van der Waals surface area contributed by atoms with Crippen LogP contribution in [-0.4, -0.2) is 0 Å². The van der Waals surface area contributed by atoms with E-state index in [0.29, 0.717) is 5.92 Å². The summed E-state index contributed by atoms with van der Waals surface area (Å²) in [6.45, 7) is 0. The number of hydrogen-bond acceptors (Lipinski definition) is 0. The molecule has 23 heavy (non-hydrogen) atoms. The van der Waals surface area contributed by atoms with Gasteiger partial charge in [-0.3, -0.25) is 0 Å². The molecule has 0 heteroatoms. The van der Waals surface area contributed by atoms with E-state index in [1.165, 1.54) is 16.7 Å². The van der Waals surface area contributed by atoms with Crippen LogP contribution >= 0.6 is 0 Å². The highest BCUT2D eigenvalue weighted by atomic mass is 14.1. The molecule has 3 aromatic rings. The summed E-state index contributed by atoms with van der Waals surface area (Å²) in [4.78, 5) is 0. The second kappa shape index (κ2) is 8.14. The van der Waals surface area contributed by atoms with Gasteiger partial charge in [-0.25, -0.2) is 0 Å². The number of allylic oxidation sites excluding steroid dienone is 1. The monoisotopic (exact) mass is 298 g/mol. The Morgan fingerprint density at radius 3 is 1.87 bits per heavy atom. The molecule has 3 aromatic carbocycles. The molecule has 0 aromatic heterocycles. The fraction of sp³-hybridized carbons (Fsp3) is 0.130. The first-order chi connectivity index (χ1) is 11.4. The minimum absolute atomic E-state index is 0.441. The van der Waals surface area contributed by atoms with Gasteiger partial charge in [-0.2, -0.15) is 0 Å². The van der Waals surface area contributed by atoms with Crippen molar-refractivity contribution in [2.75, 3.05) is 0 Å². The number of benzene rings is 3. The second-order valence-electron chi connectivity index (χ2n) is 5.81. The molecule has 0 bridgehead atoms. The lowest BCUT2D eigenvalue weighted by Gasteiger charge is -2.13. The van der Waals surface area contributed by atoms with Crippen molar-refractivity contribution >= 4 is 6.08 Å². The Morgan fingerprint density at radius 1 is 0.652 bits per heavy atom. The summed E-state index contributed by atoms with van der Waals surface area (Å²) in [6.07, 6.45) is 6.80. The number of hydrogen-bond donors (Lipinski definition) is 0. The third-order valence-corrected chi connectivity index (χ3v) is 4.14. The molecule has 0 aliphatic carbocycles. The Labute approximate surface area is 139 Å². The molecule has 0 spiro atoms. The highest BCUT2D eigenvalue weighted by Crippen LogP contribution is 2.24. The van der Waals surface area contributed by atoms with Crippen molar-refractivity contribution in [3.63, 3.8) is 0 Å². The standard InChI is InChI=1S/C23H22/c1-4-10-20(11-5-1)16-18-23(22-14-8-3-9-15-22)19-17-21-12-6-2-7-13-21/h1-16,18,23H,17,19H2/b18-16+/t23-/m0/s1. The van der Waals surface area contributed by atoms with Gasteiger partial charge < -0.3 is 0 Å². The molecular formula is C23H22. The van der Waals surface area contributed by atoms with E-state index in [2.05, 4.69) is 103 Å². The fourth-order valence-corrected chi connectivity index (χ4v) is 2.83. The van der Waals surface area contributed by atoms with E-state index in [-0.39, 0.29) is 0 Å². The van der Waals surface area contributed by atoms with Crippen LogP contribution in [0.4, 0.5) is 0 Å². The molecule has 0 fully saturated rings. The van der Waals surface area contributed by atoms with Gasteiger partial charge >= 0.3 is 0 Å². The molecule has 0 radical (unpaired) electrons. The third kappa shape index (κ3) is 4.69. The van der Waals surface area contributed by atoms with Crippen molar-refractivity contribution in [3.8, 4) is 0 Å². The van der Waals surface area contributed by atoms with Crippen LogP contribution in [0.5, 0.6) is 0 Å². The minimum atomic E-state index is 0.441. The summed E-state index contributed by atoms with van der Waals surface area (Å²) >= 11 is 0. The van der Waals surface area contributed by atoms with Crippen molar-refractivity contribution in [3.05, 3.63) is 114 Å². The molecule has 0 heterocycles. The molecule has 0 saturated heterocycles. The molecule has 0 aliphatic heterocycles. The maximum atomic E-state index is 2.34. The van der Waals surface area contributed by atoms with Crippen LogP contribution in [0.1, 0.15) is 29.0 Å². The quantitative estimate of drug-likeness (QED) is 0.514. The summed E-state index contributed by atoms with van der Waals surface area (Å²) in [7, 11) is 0. The van der Waals surface area contributed by atoms with Crippen molar-refractivity contribution in [2.24, 2.45) is 0 Å². The predicted molar refractivity (Wildman–Crippen MR) is 99.4 cm³/mol. The lowest BCUT2D eigenvalue weighted by atomic mass is 9.91. The largest absolute Gasteiger partial charge is 0.0764 e. The van der Waals surface area contributed by atoms with Crippen LogP contribution in [0, 0.1) is 0 Å². The average molecular weight is 298 g/mol. The van der Waals surface area contributed by atoms with E-state index >= 15 is 0 Å². The highest BCUT2D eigenvalue weighted by molar-refractivity contribution is 5.50. The van der Waals surface area contributed by atoms with Crippen molar-refractivity contribution in [1.29, 1.82) is 0 Å². The van der Waals surface area contributed by atoms with Crippen molar-refractivity contribution < 1.29 is 0 Å². The summed E-state index contributed by atoms with van der Waals surface area (Å²) in [5, 5.41) is 0. The van der Waals surface area contributed by atoms with Gasteiger partial charge in [0, 0.05) is 5.92 Å². The van der Waals surface area contributed by atoms with Crippen LogP contribution in [0.25, 0.3) is 6.08 Å². The Bertz CT molecular complexity index is 712. The van der Waals surface area contributed by atoms with Gasteiger partial charge in [0.1, 0.15) is 0 Å². The first-order valence-corrected chi connectivity index (χ1v) is 8.24. The summed E-state index contributed by atoms with van der Waals surface area (Å²) < 4.78 is 0. The molecule has 0 amide bonds. The zero-order valence-electron chi connectivity index (χ0n) is 13.3. The smallest absolute Gasteiger partial charge is 0.00244 e. The molecular weight excluding hydrogens is 276 g/mol. The van der Waals surface area contributed by atoms with Crippen LogP contribution in [0.2, 0.25) is 0 Å². The maximum Gasteiger partial charge on any atom is 0.00244 e. The molecule has 0 saturated carbocycles. The van der Waals surface area contributed by atoms with Gasteiger partial charge in [-0.1, -0.05) is 103 Å². The Hall–Kier alpha value is -2.60. The zero-order valence-corrected chi connectivity index (χ0v) is 13.3. The zero-order chi connectivity index (χ0) is 15.7. The van der Waals surface area contributed by atoms with E-state index in [4.69, 9.17) is 0 Å². The van der Waals surface area contributed by atoms with E-state index < -0.39 is 0 Å². The Balaban J connectivity index is 1.75. The lowest BCUT2D eigenvalue weighted by molar-refractivity contribution is 0.738. The van der Waals surface area contributed by atoms with E-state index in [1.54, 1.807) is 0 Å². The minimum Gasteiger partial charge on any atom is -0.0764 e. The molecule has 0 N–H and O–H groups in total. The van der Waals surface area contributed by atoms with Crippen LogP contribution in [0.3, 0.4) is 0 Å². The fourth-order valence-electron chi connectivity index (χ4n) is 2.83. The second-order valence-corrected chi connectivity index (χ2v) is 5.81. The van der Waals surface area contributed by atoms with Crippen LogP contribution in [-0.2, 0) is 6.42 Å². The summed E-state index contributed by atoms with van der Waals surface area (Å²) in [5.74, 6) is 0.441. The molecule has 1 atom stereocenters. The maximum absolute atomic E-state index is 2.34. The third-order valence-electron chi connectivity index (χ3n) is 4.14. The average Bonchev–Trinajstić information content (AvgIpc) is 2.64. The molecule has 3 rings (SSSR count). The first-order valence-electron chi connectivity index (χ1n) is 8.24. The van der Waals surface area contributed by atoms with Crippen LogP contribution < -0.4 is 0 Å². The highest BCUT2D eigenvalue weighted by Gasteiger charge is 2.08. The van der Waals surface area contributed by atoms with Crippen LogP contribution in [0.15, 0.2) is 97.1 Å². The summed E-state index contributed by atoms with van der Waals surface area (Å²) in [5.41, 5.74) is 4.05. The normalized spacial score (nSPS) is 12.3. The van der Waals surface area contributed by atoms with E-state index in [9.17, 15) is 0 Å². The number of aryl methyl sites for hydroxylation is 1. The molecule has 0 aliphatic rings. The van der Waals surface area contributed by atoms with Crippen molar-refractivity contribution in [2.45, 2.75) is 18.8 Å². The molecule has 0 nitrogen and oxygen atoms in total. The van der Waals surface area contributed by atoms with Crippen molar-refractivity contribution in [1.82, 2.24) is 0 Å². The van der Waals surface area contributed by atoms with Gasteiger partial charge in [-0.05, 0) is 29.5 Å².